The van der Waals surface area contributed by atoms with Gasteiger partial charge in [-0.25, -0.2) is 4.98 Å². The second-order valence-electron chi connectivity index (χ2n) is 7.94. The van der Waals surface area contributed by atoms with Gasteiger partial charge in [0.05, 0.1) is 43.9 Å². The number of aromatic nitrogens is 2. The van der Waals surface area contributed by atoms with Crippen LogP contribution in [0.2, 0.25) is 0 Å². The van der Waals surface area contributed by atoms with E-state index in [2.05, 4.69) is 16.0 Å². The number of hydrogen-bond donors (Lipinski definition) is 0. The first kappa shape index (κ1) is 21.7. The monoisotopic (exact) mass is 456 g/mol. The summed E-state index contributed by atoms with van der Waals surface area (Å²) < 4.78 is 22.1. The number of fused-ring (bicyclic) bond motifs is 1. The van der Waals surface area contributed by atoms with Gasteiger partial charge in [0.25, 0.3) is 0 Å². The molecule has 0 unspecified atom stereocenters. The van der Waals surface area contributed by atoms with E-state index in [4.69, 9.17) is 23.6 Å². The summed E-state index contributed by atoms with van der Waals surface area (Å²) in [5.74, 6) is 2.75. The lowest BCUT2D eigenvalue weighted by Gasteiger charge is -2.27. The first-order valence-corrected chi connectivity index (χ1v) is 11.1. The van der Waals surface area contributed by atoms with Gasteiger partial charge in [0, 0.05) is 13.1 Å². The van der Waals surface area contributed by atoms with E-state index in [9.17, 15) is 5.26 Å². The highest BCUT2D eigenvalue weighted by Gasteiger charge is 2.17. The van der Waals surface area contributed by atoms with Crippen molar-refractivity contribution in [2.24, 2.45) is 0 Å². The first-order chi connectivity index (χ1) is 16.7. The van der Waals surface area contributed by atoms with Crippen molar-refractivity contribution in [3.05, 3.63) is 77.4 Å². The van der Waals surface area contributed by atoms with E-state index in [0.717, 1.165) is 35.8 Å². The van der Waals surface area contributed by atoms with E-state index in [1.165, 1.54) is 0 Å². The summed E-state index contributed by atoms with van der Waals surface area (Å²) >= 11 is 0. The van der Waals surface area contributed by atoms with Crippen LogP contribution in [0.3, 0.4) is 0 Å². The topological polar surface area (TPSA) is 93.6 Å². The molecular weight excluding hydrogens is 432 g/mol. The number of hydrogen-bond acceptors (Lipinski definition) is 8. The Morgan fingerprint density at radius 1 is 1.12 bits per heavy atom. The molecule has 3 heterocycles. The van der Waals surface area contributed by atoms with Crippen molar-refractivity contribution in [1.29, 1.82) is 5.26 Å². The van der Waals surface area contributed by atoms with Gasteiger partial charge in [-0.05, 0) is 47.9 Å². The molecule has 172 valence electrons. The molecule has 0 aliphatic carbocycles. The normalized spacial score (nSPS) is 13.6. The maximum Gasteiger partial charge on any atom is 0.161 e. The SMILES string of the molecule is COc1cc(Cc2ccc3ncc(N4CCOCC4)nc3c2C#N)ccc1OCc1ccco1. The van der Waals surface area contributed by atoms with Crippen LogP contribution in [0.4, 0.5) is 5.82 Å². The number of benzene rings is 2. The van der Waals surface area contributed by atoms with Gasteiger partial charge in [-0.15, -0.1) is 0 Å². The highest BCUT2D eigenvalue weighted by Crippen LogP contribution is 2.31. The number of morpholine rings is 1. The molecule has 0 atom stereocenters. The van der Waals surface area contributed by atoms with E-state index in [1.54, 1.807) is 19.6 Å². The smallest absolute Gasteiger partial charge is 0.161 e. The van der Waals surface area contributed by atoms with Gasteiger partial charge in [-0.1, -0.05) is 12.1 Å². The molecule has 1 fully saturated rings. The number of methoxy groups -OCH3 is 1. The van der Waals surface area contributed by atoms with Crippen molar-refractivity contribution in [3.63, 3.8) is 0 Å². The molecule has 0 saturated carbocycles. The maximum atomic E-state index is 10.00. The van der Waals surface area contributed by atoms with E-state index in [0.29, 0.717) is 54.3 Å². The lowest BCUT2D eigenvalue weighted by Crippen LogP contribution is -2.36. The van der Waals surface area contributed by atoms with Crippen molar-refractivity contribution >= 4 is 16.9 Å². The average Bonchev–Trinajstić information content (AvgIpc) is 3.41. The third kappa shape index (κ3) is 4.51. The second kappa shape index (κ2) is 9.81. The van der Waals surface area contributed by atoms with Crippen LogP contribution in [0.15, 0.2) is 59.3 Å². The van der Waals surface area contributed by atoms with Gasteiger partial charge in [0.2, 0.25) is 0 Å². The zero-order valence-electron chi connectivity index (χ0n) is 18.9. The van der Waals surface area contributed by atoms with Gasteiger partial charge >= 0.3 is 0 Å². The fourth-order valence-corrected chi connectivity index (χ4v) is 4.03. The Kier molecular flexibility index (Phi) is 6.27. The standard InChI is InChI=1S/C26H24N4O4/c1-31-24-14-18(4-7-23(24)34-17-20-3-2-10-33-20)13-19-5-6-22-26(21(19)15-27)29-25(16-28-22)30-8-11-32-12-9-30/h2-7,10,14,16H,8-9,11-13,17H2,1H3. The van der Waals surface area contributed by atoms with Crippen LogP contribution in [0.25, 0.3) is 11.0 Å². The third-order valence-corrected chi connectivity index (χ3v) is 5.81. The van der Waals surface area contributed by atoms with Gasteiger partial charge in [0.1, 0.15) is 29.8 Å². The minimum atomic E-state index is 0.316. The highest BCUT2D eigenvalue weighted by molar-refractivity contribution is 5.83. The second-order valence-corrected chi connectivity index (χ2v) is 7.94. The fraction of sp³-hybridized carbons (Fsp3) is 0.269. The molecule has 0 bridgehead atoms. The molecule has 2 aromatic heterocycles. The Morgan fingerprint density at radius 2 is 2.00 bits per heavy atom. The van der Waals surface area contributed by atoms with Gasteiger partial charge in [-0.3, -0.25) is 4.98 Å². The number of ether oxygens (including phenoxy) is 3. The van der Waals surface area contributed by atoms with Crippen molar-refractivity contribution in [2.45, 2.75) is 13.0 Å². The molecule has 2 aromatic carbocycles. The van der Waals surface area contributed by atoms with Crippen molar-refractivity contribution in [2.75, 3.05) is 38.3 Å². The molecule has 0 amide bonds. The molecule has 0 spiro atoms. The van der Waals surface area contributed by atoms with Crippen LogP contribution >= 0.6 is 0 Å². The van der Waals surface area contributed by atoms with Crippen LogP contribution < -0.4 is 14.4 Å². The minimum absolute atomic E-state index is 0.316. The maximum absolute atomic E-state index is 10.00. The summed E-state index contributed by atoms with van der Waals surface area (Å²) in [7, 11) is 1.61. The number of nitrogens with zero attached hydrogens (tertiary/aromatic N) is 4. The van der Waals surface area contributed by atoms with Crippen molar-refractivity contribution < 1.29 is 18.6 Å². The molecule has 34 heavy (non-hydrogen) atoms. The van der Waals surface area contributed by atoms with E-state index >= 15 is 0 Å². The van der Waals surface area contributed by atoms with Gasteiger partial charge < -0.3 is 23.5 Å². The lowest BCUT2D eigenvalue weighted by atomic mass is 9.98. The molecule has 8 nitrogen and oxygen atoms in total. The fourth-order valence-electron chi connectivity index (χ4n) is 4.03. The van der Waals surface area contributed by atoms with E-state index in [-0.39, 0.29) is 0 Å². The molecule has 0 N–H and O–H groups in total. The molecular formula is C26H24N4O4. The predicted octanol–water partition coefficient (Wildman–Crippen LogP) is 4.11. The molecule has 1 saturated heterocycles. The van der Waals surface area contributed by atoms with Crippen LogP contribution in [-0.4, -0.2) is 43.4 Å². The molecule has 1 aliphatic rings. The quantitative estimate of drug-likeness (QED) is 0.410. The van der Waals surface area contributed by atoms with E-state index in [1.807, 2.05) is 42.5 Å². The number of anilines is 1. The Hall–Kier alpha value is -4.09. The average molecular weight is 457 g/mol. The largest absolute Gasteiger partial charge is 0.493 e. The van der Waals surface area contributed by atoms with Crippen molar-refractivity contribution in [1.82, 2.24) is 9.97 Å². The summed E-state index contributed by atoms with van der Waals surface area (Å²) in [5, 5.41) is 10.00. The first-order valence-electron chi connectivity index (χ1n) is 11.1. The zero-order chi connectivity index (χ0) is 23.3. The Morgan fingerprint density at radius 3 is 2.76 bits per heavy atom. The lowest BCUT2D eigenvalue weighted by molar-refractivity contribution is 0.122. The Labute approximate surface area is 197 Å². The Bertz CT molecular complexity index is 1320. The zero-order valence-corrected chi connectivity index (χ0v) is 18.9. The highest BCUT2D eigenvalue weighted by atomic mass is 16.5. The minimum Gasteiger partial charge on any atom is -0.493 e. The number of rotatable bonds is 7. The summed E-state index contributed by atoms with van der Waals surface area (Å²) in [5.41, 5.74) is 3.74. The van der Waals surface area contributed by atoms with Crippen LogP contribution in [-0.2, 0) is 17.8 Å². The number of furan rings is 1. The summed E-state index contributed by atoms with van der Waals surface area (Å²) in [4.78, 5) is 11.5. The number of nitriles is 1. The van der Waals surface area contributed by atoms with Gasteiger partial charge in [0.15, 0.2) is 11.5 Å². The Balaban J connectivity index is 1.41. The van der Waals surface area contributed by atoms with Crippen LogP contribution in [0.5, 0.6) is 11.5 Å². The van der Waals surface area contributed by atoms with Crippen molar-refractivity contribution in [3.8, 4) is 17.6 Å². The molecule has 1 aliphatic heterocycles. The predicted molar refractivity (Wildman–Crippen MR) is 126 cm³/mol. The third-order valence-electron chi connectivity index (χ3n) is 5.81. The van der Waals surface area contributed by atoms with Crippen LogP contribution in [0.1, 0.15) is 22.5 Å². The summed E-state index contributed by atoms with van der Waals surface area (Å²) in [6, 6.07) is 15.7. The molecule has 0 radical (unpaired) electrons. The summed E-state index contributed by atoms with van der Waals surface area (Å²) in [6.45, 7) is 3.16. The van der Waals surface area contributed by atoms with Crippen LogP contribution in [0, 0.1) is 11.3 Å². The molecule has 5 rings (SSSR count). The van der Waals surface area contributed by atoms with Gasteiger partial charge in [-0.2, -0.15) is 5.26 Å². The summed E-state index contributed by atoms with van der Waals surface area (Å²) in [6.07, 6.45) is 3.93. The molecule has 8 heteroatoms. The van der Waals surface area contributed by atoms with E-state index < -0.39 is 0 Å². The molecule has 4 aromatic rings.